The van der Waals surface area contributed by atoms with Crippen molar-refractivity contribution in [2.75, 3.05) is 21.3 Å². The first-order valence-corrected chi connectivity index (χ1v) is 12.5. The zero-order valence-electron chi connectivity index (χ0n) is 19.7. The fraction of sp³-hybridized carbons (Fsp3) is 0.636. The van der Waals surface area contributed by atoms with Crippen LogP contribution in [0.1, 0.15) is 51.2 Å². The van der Waals surface area contributed by atoms with Crippen molar-refractivity contribution in [2.24, 2.45) is 5.41 Å². The third kappa shape index (κ3) is 7.68. The molecule has 0 aliphatic heterocycles. The number of aryl methyl sites for hydroxylation is 1. The van der Waals surface area contributed by atoms with Crippen LogP contribution in [0.2, 0.25) is 6.04 Å². The van der Waals surface area contributed by atoms with Gasteiger partial charge in [-0.05, 0) is 24.0 Å². The summed E-state index contributed by atoms with van der Waals surface area (Å²) in [5.41, 5.74) is 0.255. The highest BCUT2D eigenvalue weighted by atomic mass is 28.4. The van der Waals surface area contributed by atoms with E-state index in [0.29, 0.717) is 35.8 Å². The minimum absolute atomic E-state index is 0.323. The minimum Gasteiger partial charge on any atom is -0.377 e. The van der Waals surface area contributed by atoms with Crippen LogP contribution in [-0.2, 0) is 35.8 Å². The molecule has 0 atom stereocenters. The van der Waals surface area contributed by atoms with E-state index in [-0.39, 0.29) is 0 Å². The molecule has 10 heteroatoms. The third-order valence-corrected chi connectivity index (χ3v) is 8.21. The topological polar surface area (TPSA) is 65.1 Å². The van der Waals surface area contributed by atoms with Gasteiger partial charge in [-0.1, -0.05) is 57.9 Å². The molecule has 182 valence electrons. The van der Waals surface area contributed by atoms with Crippen molar-refractivity contribution in [3.63, 3.8) is 0 Å². The number of rotatable bonds is 12. The summed E-state index contributed by atoms with van der Waals surface area (Å²) in [5, 5.41) is 0. The number of benzene rings is 1. The van der Waals surface area contributed by atoms with Gasteiger partial charge in [-0.25, -0.2) is 0 Å². The molecular formula is C22H34F3NO5Si. The first-order valence-electron chi connectivity index (χ1n) is 10.5. The van der Waals surface area contributed by atoms with Crippen LogP contribution in [0.25, 0.3) is 0 Å². The van der Waals surface area contributed by atoms with Crippen molar-refractivity contribution in [3.8, 4) is 0 Å². The lowest BCUT2D eigenvalue weighted by molar-refractivity contribution is -0.190. The number of amides is 2. The number of nitrogens with zero attached hydrogens (tertiary/aromatic N) is 1. The molecular weight excluding hydrogens is 443 g/mol. The highest BCUT2D eigenvalue weighted by Gasteiger charge is 2.47. The molecule has 0 saturated carbocycles. The number of hydrogen-bond donors (Lipinski definition) is 0. The maximum Gasteiger partial charge on any atom is 0.500 e. The van der Waals surface area contributed by atoms with Gasteiger partial charge in [-0.3, -0.25) is 14.5 Å². The lowest BCUT2D eigenvalue weighted by atomic mass is 9.85. The predicted molar refractivity (Wildman–Crippen MR) is 117 cm³/mol. The highest BCUT2D eigenvalue weighted by Crippen LogP contribution is 2.30. The Kier molecular flexibility index (Phi) is 10.5. The number of alkyl halides is 3. The van der Waals surface area contributed by atoms with Gasteiger partial charge >= 0.3 is 20.9 Å². The molecule has 32 heavy (non-hydrogen) atoms. The van der Waals surface area contributed by atoms with Crippen LogP contribution in [-0.4, -0.2) is 53.0 Å². The number of carbonyl (C=O) groups excluding carboxylic acids is 2. The second kappa shape index (κ2) is 11.9. The largest absolute Gasteiger partial charge is 0.500 e. The van der Waals surface area contributed by atoms with Crippen LogP contribution in [0, 0.1) is 5.41 Å². The summed E-state index contributed by atoms with van der Waals surface area (Å²) in [5.74, 6) is -2.97. The lowest BCUT2D eigenvalue weighted by Crippen LogP contribution is -2.49. The van der Waals surface area contributed by atoms with Gasteiger partial charge in [0.05, 0.1) is 6.54 Å². The molecule has 0 spiro atoms. The van der Waals surface area contributed by atoms with Gasteiger partial charge in [0.25, 0.3) is 0 Å². The molecule has 0 N–H and O–H groups in total. The van der Waals surface area contributed by atoms with Crippen molar-refractivity contribution in [1.82, 2.24) is 4.90 Å². The maximum absolute atomic E-state index is 13.2. The highest BCUT2D eigenvalue weighted by molar-refractivity contribution is 6.60. The van der Waals surface area contributed by atoms with E-state index in [0.717, 1.165) is 12.0 Å². The van der Waals surface area contributed by atoms with E-state index in [1.807, 2.05) is 6.92 Å². The zero-order valence-corrected chi connectivity index (χ0v) is 20.7. The number of carbonyl (C=O) groups is 2. The summed E-state index contributed by atoms with van der Waals surface area (Å²) >= 11 is 0. The molecule has 0 aliphatic carbocycles. The molecule has 0 aliphatic rings. The second-order valence-corrected chi connectivity index (χ2v) is 11.4. The van der Waals surface area contributed by atoms with Crippen molar-refractivity contribution in [1.29, 1.82) is 0 Å². The van der Waals surface area contributed by atoms with Gasteiger partial charge in [0.2, 0.25) is 5.91 Å². The molecule has 0 radical (unpaired) electrons. The van der Waals surface area contributed by atoms with Crippen LogP contribution >= 0.6 is 0 Å². The van der Waals surface area contributed by atoms with E-state index in [1.54, 1.807) is 38.1 Å². The molecule has 0 heterocycles. The fourth-order valence-corrected chi connectivity index (χ4v) is 5.03. The van der Waals surface area contributed by atoms with Gasteiger partial charge in [0.1, 0.15) is 0 Å². The van der Waals surface area contributed by atoms with E-state index in [9.17, 15) is 22.8 Å². The van der Waals surface area contributed by atoms with Gasteiger partial charge in [-0.15, -0.1) is 0 Å². The molecule has 1 rings (SSSR count). The maximum atomic E-state index is 13.2. The SMILES string of the molecule is CCCCC(C)(C)C(=O)N(Cc1ccc(CC[Si](OC)(OC)OC)cc1)C(=O)C(F)(F)F. The van der Waals surface area contributed by atoms with Crippen LogP contribution < -0.4 is 0 Å². The molecule has 2 amide bonds. The summed E-state index contributed by atoms with van der Waals surface area (Å²) in [6.45, 7) is 4.63. The van der Waals surface area contributed by atoms with Crippen molar-refractivity contribution in [2.45, 2.75) is 65.2 Å². The Balaban J connectivity index is 3.03. The fourth-order valence-electron chi connectivity index (χ4n) is 3.33. The van der Waals surface area contributed by atoms with Crippen molar-refractivity contribution in [3.05, 3.63) is 35.4 Å². The third-order valence-electron chi connectivity index (χ3n) is 5.48. The van der Waals surface area contributed by atoms with Crippen LogP contribution in [0.5, 0.6) is 0 Å². The molecule has 0 fully saturated rings. The van der Waals surface area contributed by atoms with E-state index < -0.39 is 38.8 Å². The van der Waals surface area contributed by atoms with Crippen LogP contribution in [0.15, 0.2) is 24.3 Å². The van der Waals surface area contributed by atoms with E-state index >= 15 is 0 Å². The Bertz CT molecular complexity index is 741. The quantitative estimate of drug-likeness (QED) is 0.407. The first kappa shape index (κ1) is 28.3. The Morgan fingerprint density at radius 3 is 1.88 bits per heavy atom. The lowest BCUT2D eigenvalue weighted by Gasteiger charge is -2.31. The standard InChI is InChI=1S/C22H34F3NO5Si/c1-7-8-14-21(2,3)19(27)26(20(28)22(23,24)25)16-18-11-9-17(10-12-18)13-15-32(29-4,30-5)31-6/h9-12H,7-8,13-16H2,1-6H3. The van der Waals surface area contributed by atoms with Gasteiger partial charge in [-0.2, -0.15) is 13.2 Å². The summed E-state index contributed by atoms with van der Waals surface area (Å²) < 4.78 is 55.8. The van der Waals surface area contributed by atoms with E-state index in [1.165, 1.54) is 21.3 Å². The van der Waals surface area contributed by atoms with Gasteiger partial charge in [0, 0.05) is 32.8 Å². The molecule has 6 nitrogen and oxygen atoms in total. The Labute approximate surface area is 189 Å². The summed E-state index contributed by atoms with van der Waals surface area (Å²) in [4.78, 5) is 25.3. The Morgan fingerprint density at radius 1 is 0.938 bits per heavy atom. The number of halogens is 3. The molecule has 0 saturated heterocycles. The zero-order chi connectivity index (χ0) is 24.6. The smallest absolute Gasteiger partial charge is 0.377 e. The molecule has 1 aromatic rings. The summed E-state index contributed by atoms with van der Waals surface area (Å²) in [6, 6.07) is 7.26. The summed E-state index contributed by atoms with van der Waals surface area (Å²) in [6.07, 6.45) is -2.68. The Morgan fingerprint density at radius 2 is 1.44 bits per heavy atom. The van der Waals surface area contributed by atoms with E-state index in [4.69, 9.17) is 13.3 Å². The van der Waals surface area contributed by atoms with Crippen LogP contribution in [0.4, 0.5) is 13.2 Å². The van der Waals surface area contributed by atoms with Gasteiger partial charge in [0.15, 0.2) is 0 Å². The summed E-state index contributed by atoms with van der Waals surface area (Å²) in [7, 11) is 1.82. The molecule has 0 aromatic heterocycles. The van der Waals surface area contributed by atoms with Crippen molar-refractivity contribution >= 4 is 20.6 Å². The van der Waals surface area contributed by atoms with E-state index in [2.05, 4.69) is 0 Å². The molecule has 0 bridgehead atoms. The normalized spacial score (nSPS) is 12.7. The number of hydrogen-bond acceptors (Lipinski definition) is 5. The first-order chi connectivity index (χ1) is 14.9. The van der Waals surface area contributed by atoms with Crippen LogP contribution in [0.3, 0.4) is 0 Å². The minimum atomic E-state index is -5.13. The molecule has 1 aromatic carbocycles. The second-order valence-electron chi connectivity index (χ2n) is 8.29. The predicted octanol–water partition coefficient (Wildman–Crippen LogP) is 4.74. The Hall–Kier alpha value is -1.75. The van der Waals surface area contributed by atoms with Crippen molar-refractivity contribution < 1.29 is 36.0 Å². The number of imide groups is 1. The number of unbranched alkanes of at least 4 members (excludes halogenated alkanes) is 1. The molecule has 0 unspecified atom stereocenters. The average Bonchev–Trinajstić information content (AvgIpc) is 2.76. The van der Waals surface area contributed by atoms with Gasteiger partial charge < -0.3 is 13.3 Å². The monoisotopic (exact) mass is 477 g/mol. The average molecular weight is 478 g/mol.